The van der Waals surface area contributed by atoms with Gasteiger partial charge in [0.15, 0.2) is 0 Å². The highest BCUT2D eigenvalue weighted by atomic mass is 16.5. The van der Waals surface area contributed by atoms with Crippen molar-refractivity contribution in [1.29, 1.82) is 0 Å². The molecule has 0 atom stereocenters. The number of nitrogens with one attached hydrogen (secondary N) is 2. The van der Waals surface area contributed by atoms with Crippen LogP contribution in [0.15, 0.2) is 30.3 Å². The standard InChI is InChI=1S/C23H32N4O3/c28-21(25-30)8-7-18-5-1-2-6-20(18)26-15-9-19(10-16-26)24-22(29)17-23-11-3-13-27(23)14-4-12-23/h1-2,5-8,19,30H,3-4,9-17H2,(H,24,29)(H,25,28)/b8-7+. The number of carbonyl (C=O) groups excluding carboxylic acids is 2. The van der Waals surface area contributed by atoms with Crippen LogP contribution in [-0.4, -0.2) is 59.7 Å². The van der Waals surface area contributed by atoms with Gasteiger partial charge >= 0.3 is 0 Å². The van der Waals surface area contributed by atoms with Gasteiger partial charge in [0.2, 0.25) is 5.91 Å². The van der Waals surface area contributed by atoms with Gasteiger partial charge in [-0.05, 0) is 69.3 Å². The van der Waals surface area contributed by atoms with Gasteiger partial charge in [0, 0.05) is 42.9 Å². The number of amides is 2. The number of hydrogen-bond acceptors (Lipinski definition) is 5. The summed E-state index contributed by atoms with van der Waals surface area (Å²) in [6.07, 6.45) is 10.3. The highest BCUT2D eigenvalue weighted by molar-refractivity contribution is 5.91. The molecule has 0 aromatic heterocycles. The molecule has 162 valence electrons. The summed E-state index contributed by atoms with van der Waals surface area (Å²) in [5.74, 6) is -0.339. The summed E-state index contributed by atoms with van der Waals surface area (Å²) < 4.78 is 0. The molecule has 0 saturated carbocycles. The largest absolute Gasteiger partial charge is 0.371 e. The third-order valence-electron chi connectivity index (χ3n) is 6.96. The second kappa shape index (κ2) is 9.18. The highest BCUT2D eigenvalue weighted by Gasteiger charge is 2.45. The van der Waals surface area contributed by atoms with Crippen LogP contribution in [0, 0.1) is 0 Å². The van der Waals surface area contributed by atoms with E-state index in [2.05, 4.69) is 15.1 Å². The molecule has 3 heterocycles. The van der Waals surface area contributed by atoms with Gasteiger partial charge < -0.3 is 10.2 Å². The number of benzene rings is 1. The van der Waals surface area contributed by atoms with Gasteiger partial charge in [0.05, 0.1) is 0 Å². The fourth-order valence-electron chi connectivity index (χ4n) is 5.48. The quantitative estimate of drug-likeness (QED) is 0.379. The molecule has 0 bridgehead atoms. The molecule has 3 aliphatic heterocycles. The van der Waals surface area contributed by atoms with E-state index in [1.165, 1.54) is 18.9 Å². The first kappa shape index (κ1) is 20.9. The van der Waals surface area contributed by atoms with Crippen molar-refractivity contribution in [2.45, 2.75) is 56.5 Å². The second-order valence-electron chi connectivity index (χ2n) is 8.79. The lowest BCUT2D eigenvalue weighted by atomic mass is 9.89. The Morgan fingerprint density at radius 1 is 1.10 bits per heavy atom. The zero-order chi connectivity index (χ0) is 21.0. The zero-order valence-corrected chi connectivity index (χ0v) is 17.5. The van der Waals surface area contributed by atoms with Crippen LogP contribution in [0.5, 0.6) is 0 Å². The van der Waals surface area contributed by atoms with Crippen LogP contribution in [-0.2, 0) is 9.59 Å². The molecule has 3 fully saturated rings. The number of para-hydroxylation sites is 1. The SMILES string of the molecule is O=C(/C=C/c1ccccc1N1CCC(NC(=O)CC23CCCN2CCC3)CC1)NO. The van der Waals surface area contributed by atoms with E-state index in [0.29, 0.717) is 6.42 Å². The van der Waals surface area contributed by atoms with Crippen molar-refractivity contribution in [2.24, 2.45) is 0 Å². The number of nitrogens with zero attached hydrogens (tertiary/aromatic N) is 2. The van der Waals surface area contributed by atoms with Crippen LogP contribution >= 0.6 is 0 Å². The fourth-order valence-corrected chi connectivity index (χ4v) is 5.48. The number of carbonyl (C=O) groups is 2. The number of anilines is 1. The number of hydroxylamine groups is 1. The molecule has 30 heavy (non-hydrogen) atoms. The Bertz CT molecular complexity index is 791. The Kier molecular flexibility index (Phi) is 6.39. The summed E-state index contributed by atoms with van der Waals surface area (Å²) in [5, 5.41) is 12.0. The lowest BCUT2D eigenvalue weighted by molar-refractivity contribution is -0.124. The van der Waals surface area contributed by atoms with Crippen LogP contribution in [0.25, 0.3) is 6.08 Å². The minimum atomic E-state index is -0.547. The predicted octanol–water partition coefficient (Wildman–Crippen LogP) is 2.31. The minimum Gasteiger partial charge on any atom is -0.371 e. The molecule has 1 aromatic carbocycles. The summed E-state index contributed by atoms with van der Waals surface area (Å²) >= 11 is 0. The average Bonchev–Trinajstić information content (AvgIpc) is 3.32. The molecule has 4 rings (SSSR count). The maximum Gasteiger partial charge on any atom is 0.267 e. The van der Waals surface area contributed by atoms with Crippen LogP contribution in [0.3, 0.4) is 0 Å². The van der Waals surface area contributed by atoms with E-state index < -0.39 is 5.91 Å². The molecule has 3 aliphatic rings. The summed E-state index contributed by atoms with van der Waals surface area (Å²) in [7, 11) is 0. The van der Waals surface area contributed by atoms with Crippen molar-refractivity contribution in [3.8, 4) is 0 Å². The maximum absolute atomic E-state index is 12.8. The maximum atomic E-state index is 12.8. The fraction of sp³-hybridized carbons (Fsp3) is 0.565. The molecule has 2 amide bonds. The Balaban J connectivity index is 1.31. The van der Waals surface area contributed by atoms with E-state index in [1.807, 2.05) is 24.3 Å². The third kappa shape index (κ3) is 4.52. The van der Waals surface area contributed by atoms with Gasteiger partial charge in [-0.15, -0.1) is 0 Å². The lowest BCUT2D eigenvalue weighted by Gasteiger charge is -2.36. The number of hydrogen-bond donors (Lipinski definition) is 3. The van der Waals surface area contributed by atoms with Gasteiger partial charge in [-0.25, -0.2) is 5.48 Å². The molecule has 7 nitrogen and oxygen atoms in total. The molecule has 1 aromatic rings. The predicted molar refractivity (Wildman–Crippen MR) is 116 cm³/mol. The molecule has 0 radical (unpaired) electrons. The smallest absolute Gasteiger partial charge is 0.267 e. The van der Waals surface area contributed by atoms with Crippen molar-refractivity contribution in [2.75, 3.05) is 31.1 Å². The van der Waals surface area contributed by atoms with E-state index in [0.717, 1.165) is 63.1 Å². The molecule has 3 N–H and O–H groups in total. The molecular weight excluding hydrogens is 380 g/mol. The van der Waals surface area contributed by atoms with Crippen molar-refractivity contribution < 1.29 is 14.8 Å². The Morgan fingerprint density at radius 2 is 1.80 bits per heavy atom. The summed E-state index contributed by atoms with van der Waals surface area (Å²) in [5.41, 5.74) is 3.75. The zero-order valence-electron chi connectivity index (χ0n) is 17.5. The summed E-state index contributed by atoms with van der Waals surface area (Å²) in [4.78, 5) is 28.9. The van der Waals surface area contributed by atoms with E-state index >= 15 is 0 Å². The van der Waals surface area contributed by atoms with E-state index in [4.69, 9.17) is 5.21 Å². The Hall–Kier alpha value is -2.38. The Morgan fingerprint density at radius 3 is 2.50 bits per heavy atom. The summed E-state index contributed by atoms with van der Waals surface area (Å²) in [6, 6.07) is 8.15. The topological polar surface area (TPSA) is 84.9 Å². The van der Waals surface area contributed by atoms with Crippen LogP contribution < -0.4 is 15.7 Å². The lowest BCUT2D eigenvalue weighted by Crippen LogP contribution is -2.48. The van der Waals surface area contributed by atoms with Crippen molar-refractivity contribution in [3.05, 3.63) is 35.9 Å². The number of fused-ring (bicyclic) bond motifs is 1. The Labute approximate surface area is 178 Å². The molecule has 3 saturated heterocycles. The first-order valence-electron chi connectivity index (χ1n) is 11.1. The van der Waals surface area contributed by atoms with Crippen LogP contribution in [0.4, 0.5) is 5.69 Å². The molecule has 7 heteroatoms. The van der Waals surface area contributed by atoms with Gasteiger partial charge in [-0.3, -0.25) is 19.7 Å². The minimum absolute atomic E-state index is 0.136. The van der Waals surface area contributed by atoms with Gasteiger partial charge in [-0.2, -0.15) is 0 Å². The van der Waals surface area contributed by atoms with Crippen molar-refractivity contribution in [1.82, 2.24) is 15.7 Å². The highest BCUT2D eigenvalue weighted by Crippen LogP contribution is 2.41. The van der Waals surface area contributed by atoms with Gasteiger partial charge in [-0.1, -0.05) is 18.2 Å². The molecule has 0 unspecified atom stereocenters. The second-order valence-corrected chi connectivity index (χ2v) is 8.79. The van der Waals surface area contributed by atoms with Gasteiger partial charge in [0.1, 0.15) is 0 Å². The average molecular weight is 413 g/mol. The summed E-state index contributed by atoms with van der Waals surface area (Å²) in [6.45, 7) is 4.03. The van der Waals surface area contributed by atoms with Crippen LogP contribution in [0.2, 0.25) is 0 Å². The van der Waals surface area contributed by atoms with Crippen molar-refractivity contribution >= 4 is 23.6 Å². The van der Waals surface area contributed by atoms with E-state index in [9.17, 15) is 9.59 Å². The first-order chi connectivity index (χ1) is 14.6. The molecular formula is C23H32N4O3. The number of piperidine rings is 1. The normalized spacial score (nSPS) is 21.7. The first-order valence-corrected chi connectivity index (χ1v) is 11.1. The number of rotatable bonds is 6. The van der Waals surface area contributed by atoms with Crippen molar-refractivity contribution in [3.63, 3.8) is 0 Å². The molecule has 0 spiro atoms. The van der Waals surface area contributed by atoms with E-state index in [1.54, 1.807) is 11.6 Å². The molecule has 0 aliphatic carbocycles. The third-order valence-corrected chi connectivity index (χ3v) is 6.96. The monoisotopic (exact) mass is 412 g/mol. The van der Waals surface area contributed by atoms with E-state index in [-0.39, 0.29) is 17.5 Å². The van der Waals surface area contributed by atoms with Crippen LogP contribution in [0.1, 0.15) is 50.5 Å². The van der Waals surface area contributed by atoms with Gasteiger partial charge in [0.25, 0.3) is 5.91 Å².